The highest BCUT2D eigenvalue weighted by Crippen LogP contribution is 2.31. The van der Waals surface area contributed by atoms with Gasteiger partial charge in [-0.3, -0.25) is 14.3 Å². The summed E-state index contributed by atoms with van der Waals surface area (Å²) < 4.78 is 1.86. The largest absolute Gasteiger partial charge is 0.481 e. The van der Waals surface area contributed by atoms with Crippen LogP contribution < -0.4 is 5.32 Å². The molecule has 1 heterocycles. The molecule has 0 saturated heterocycles. The van der Waals surface area contributed by atoms with Crippen molar-refractivity contribution in [3.8, 4) is 0 Å². The highest BCUT2D eigenvalue weighted by molar-refractivity contribution is 5.80. The number of nitrogens with one attached hydrogen (secondary N) is 1. The first kappa shape index (κ1) is 14.6. The SMILES string of the molecule is CCCn1cc(CNC(=O)[C@H]2CC[C@@H](C(=O)O)C2)cn1. The van der Waals surface area contributed by atoms with E-state index in [9.17, 15) is 9.59 Å². The highest BCUT2D eigenvalue weighted by atomic mass is 16.4. The van der Waals surface area contributed by atoms with E-state index >= 15 is 0 Å². The first-order chi connectivity index (χ1) is 9.60. The molecule has 1 aliphatic rings. The molecule has 20 heavy (non-hydrogen) atoms. The molecule has 0 bridgehead atoms. The Kier molecular flexibility index (Phi) is 4.76. The van der Waals surface area contributed by atoms with Crippen LogP contribution in [0.5, 0.6) is 0 Å². The minimum Gasteiger partial charge on any atom is -0.481 e. The molecule has 6 nitrogen and oxygen atoms in total. The summed E-state index contributed by atoms with van der Waals surface area (Å²) in [5.74, 6) is -1.36. The highest BCUT2D eigenvalue weighted by Gasteiger charge is 2.33. The number of carboxylic acids is 1. The Balaban J connectivity index is 1.79. The lowest BCUT2D eigenvalue weighted by molar-refractivity contribution is -0.141. The fourth-order valence-corrected chi connectivity index (χ4v) is 2.63. The second-order valence-corrected chi connectivity index (χ2v) is 5.37. The molecule has 0 radical (unpaired) electrons. The molecule has 6 heteroatoms. The summed E-state index contributed by atoms with van der Waals surface area (Å²) in [7, 11) is 0. The molecular formula is C14H21N3O3. The van der Waals surface area contributed by atoms with E-state index in [4.69, 9.17) is 5.11 Å². The Morgan fingerprint density at radius 2 is 2.20 bits per heavy atom. The van der Waals surface area contributed by atoms with E-state index in [1.807, 2.05) is 10.9 Å². The van der Waals surface area contributed by atoms with Gasteiger partial charge >= 0.3 is 5.97 Å². The number of carboxylic acid groups (broad SMARTS) is 1. The lowest BCUT2D eigenvalue weighted by Gasteiger charge is -2.09. The smallest absolute Gasteiger partial charge is 0.306 e. The van der Waals surface area contributed by atoms with Crippen molar-refractivity contribution in [2.24, 2.45) is 11.8 Å². The van der Waals surface area contributed by atoms with Gasteiger partial charge in [0.05, 0.1) is 12.1 Å². The molecule has 0 aromatic carbocycles. The molecule has 2 rings (SSSR count). The van der Waals surface area contributed by atoms with E-state index < -0.39 is 5.97 Å². The van der Waals surface area contributed by atoms with Crippen LogP contribution >= 0.6 is 0 Å². The maximum atomic E-state index is 12.0. The molecule has 1 saturated carbocycles. The number of carbonyl (C=O) groups excluding carboxylic acids is 1. The Morgan fingerprint density at radius 3 is 2.85 bits per heavy atom. The van der Waals surface area contributed by atoms with E-state index in [0.29, 0.717) is 25.8 Å². The monoisotopic (exact) mass is 279 g/mol. The summed E-state index contributed by atoms with van der Waals surface area (Å²) in [6.07, 6.45) is 6.42. The van der Waals surface area contributed by atoms with Gasteiger partial charge in [0.15, 0.2) is 0 Å². The first-order valence-corrected chi connectivity index (χ1v) is 7.12. The summed E-state index contributed by atoms with van der Waals surface area (Å²) >= 11 is 0. The lowest BCUT2D eigenvalue weighted by atomic mass is 10.0. The van der Waals surface area contributed by atoms with Crippen LogP contribution in [0, 0.1) is 11.8 Å². The Bertz CT molecular complexity index is 484. The molecule has 2 atom stereocenters. The Labute approximate surface area is 118 Å². The van der Waals surface area contributed by atoms with Crippen LogP contribution in [0.3, 0.4) is 0 Å². The summed E-state index contributed by atoms with van der Waals surface area (Å²) in [4.78, 5) is 22.9. The van der Waals surface area contributed by atoms with Crippen LogP contribution in [-0.4, -0.2) is 26.8 Å². The Hall–Kier alpha value is -1.85. The van der Waals surface area contributed by atoms with Gasteiger partial charge in [-0.2, -0.15) is 5.10 Å². The zero-order valence-electron chi connectivity index (χ0n) is 11.7. The standard InChI is InChI=1S/C14H21N3O3/c1-2-5-17-9-10(8-16-17)7-15-13(18)11-3-4-12(6-11)14(19)20/h8-9,11-12H,2-7H2,1H3,(H,15,18)(H,19,20)/t11-,12+/m0/s1. The van der Waals surface area contributed by atoms with Crippen molar-refractivity contribution in [2.45, 2.75) is 45.7 Å². The molecule has 0 spiro atoms. The minimum absolute atomic E-state index is 0.0445. The second-order valence-electron chi connectivity index (χ2n) is 5.37. The number of aryl methyl sites for hydroxylation is 1. The fraction of sp³-hybridized carbons (Fsp3) is 0.643. The van der Waals surface area contributed by atoms with Gasteiger partial charge in [0.2, 0.25) is 5.91 Å². The van der Waals surface area contributed by atoms with E-state index in [1.54, 1.807) is 6.20 Å². The predicted octanol–water partition coefficient (Wildman–Crippen LogP) is 1.41. The van der Waals surface area contributed by atoms with Crippen molar-refractivity contribution in [2.75, 3.05) is 0 Å². The van der Waals surface area contributed by atoms with Crippen LogP contribution in [0.15, 0.2) is 12.4 Å². The first-order valence-electron chi connectivity index (χ1n) is 7.12. The number of rotatable bonds is 6. The van der Waals surface area contributed by atoms with Crippen LogP contribution in [0.2, 0.25) is 0 Å². The molecule has 1 aromatic rings. The molecule has 0 aliphatic heterocycles. The van der Waals surface area contributed by atoms with Crippen molar-refractivity contribution in [3.63, 3.8) is 0 Å². The van der Waals surface area contributed by atoms with E-state index in [-0.39, 0.29) is 17.7 Å². The van der Waals surface area contributed by atoms with Gasteiger partial charge in [-0.05, 0) is 25.7 Å². The third-order valence-corrected chi connectivity index (χ3v) is 3.76. The molecular weight excluding hydrogens is 258 g/mol. The van der Waals surface area contributed by atoms with Gasteiger partial charge in [-0.25, -0.2) is 0 Å². The van der Waals surface area contributed by atoms with Gasteiger partial charge in [0.1, 0.15) is 0 Å². The third-order valence-electron chi connectivity index (χ3n) is 3.76. The van der Waals surface area contributed by atoms with Gasteiger partial charge in [-0.1, -0.05) is 6.92 Å². The molecule has 1 aromatic heterocycles. The summed E-state index contributed by atoms with van der Waals surface area (Å²) in [6.45, 7) is 3.41. The number of amides is 1. The van der Waals surface area contributed by atoms with Crippen LogP contribution in [0.25, 0.3) is 0 Å². The lowest BCUT2D eigenvalue weighted by Crippen LogP contribution is -2.29. The van der Waals surface area contributed by atoms with Crippen molar-refractivity contribution < 1.29 is 14.7 Å². The average Bonchev–Trinajstić information content (AvgIpc) is 3.05. The van der Waals surface area contributed by atoms with Gasteiger partial charge in [0.25, 0.3) is 0 Å². The number of aromatic nitrogens is 2. The number of hydrogen-bond acceptors (Lipinski definition) is 3. The van der Waals surface area contributed by atoms with E-state index in [1.165, 1.54) is 0 Å². The maximum absolute atomic E-state index is 12.0. The second kappa shape index (κ2) is 6.54. The number of nitrogens with zero attached hydrogens (tertiary/aromatic N) is 2. The van der Waals surface area contributed by atoms with Crippen molar-refractivity contribution in [1.29, 1.82) is 0 Å². The number of hydrogen-bond donors (Lipinski definition) is 2. The van der Waals surface area contributed by atoms with Crippen LogP contribution in [-0.2, 0) is 22.7 Å². The molecule has 1 aliphatic carbocycles. The fourth-order valence-electron chi connectivity index (χ4n) is 2.63. The predicted molar refractivity (Wildman–Crippen MR) is 72.8 cm³/mol. The zero-order chi connectivity index (χ0) is 14.5. The van der Waals surface area contributed by atoms with E-state index in [2.05, 4.69) is 17.3 Å². The minimum atomic E-state index is -0.791. The maximum Gasteiger partial charge on any atom is 0.306 e. The topological polar surface area (TPSA) is 84.2 Å². The van der Waals surface area contributed by atoms with Gasteiger partial charge < -0.3 is 10.4 Å². The summed E-state index contributed by atoms with van der Waals surface area (Å²) in [6, 6.07) is 0. The number of aliphatic carboxylic acids is 1. The van der Waals surface area contributed by atoms with E-state index in [0.717, 1.165) is 18.5 Å². The number of carbonyl (C=O) groups is 2. The molecule has 2 N–H and O–H groups in total. The van der Waals surface area contributed by atoms with Crippen molar-refractivity contribution >= 4 is 11.9 Å². The summed E-state index contributed by atoms with van der Waals surface area (Å²) in [5.41, 5.74) is 0.972. The Morgan fingerprint density at radius 1 is 1.45 bits per heavy atom. The third kappa shape index (κ3) is 3.59. The molecule has 0 unspecified atom stereocenters. The van der Waals surface area contributed by atoms with Crippen molar-refractivity contribution in [3.05, 3.63) is 18.0 Å². The molecule has 1 amide bonds. The zero-order valence-corrected chi connectivity index (χ0v) is 11.7. The van der Waals surface area contributed by atoms with Gasteiger partial charge in [-0.15, -0.1) is 0 Å². The summed E-state index contributed by atoms with van der Waals surface area (Å²) in [5, 5.41) is 16.0. The quantitative estimate of drug-likeness (QED) is 0.824. The van der Waals surface area contributed by atoms with Gasteiger partial charge in [0, 0.05) is 30.8 Å². The molecule has 1 fully saturated rings. The van der Waals surface area contributed by atoms with Crippen molar-refractivity contribution in [1.82, 2.24) is 15.1 Å². The normalized spacial score (nSPS) is 21.9. The van der Waals surface area contributed by atoms with Crippen LogP contribution in [0.1, 0.15) is 38.2 Å². The molecule has 110 valence electrons. The average molecular weight is 279 g/mol. The van der Waals surface area contributed by atoms with Crippen LogP contribution in [0.4, 0.5) is 0 Å².